The van der Waals surface area contributed by atoms with Crippen LogP contribution in [0.25, 0.3) is 0 Å². The summed E-state index contributed by atoms with van der Waals surface area (Å²) in [5.74, 6) is 0.180. The fraction of sp³-hybridized carbons (Fsp3) is 0.381. The Morgan fingerprint density at radius 3 is 2.74 bits per heavy atom. The average molecular weight is 384 g/mol. The van der Waals surface area contributed by atoms with E-state index in [0.29, 0.717) is 30.2 Å². The summed E-state index contributed by atoms with van der Waals surface area (Å²) in [5.41, 5.74) is 1.48. The van der Waals surface area contributed by atoms with E-state index in [1.165, 1.54) is 0 Å². The van der Waals surface area contributed by atoms with Gasteiger partial charge in [0.1, 0.15) is 0 Å². The Labute approximate surface area is 163 Å². The highest BCUT2D eigenvalue weighted by molar-refractivity contribution is 6.30. The van der Waals surface area contributed by atoms with Crippen LogP contribution < -0.4 is 0 Å². The number of hydrogen-bond donors (Lipinski definition) is 0. The molecule has 2 amide bonds. The molecule has 4 rings (SSSR count). The van der Waals surface area contributed by atoms with Crippen molar-refractivity contribution in [2.24, 2.45) is 11.3 Å². The second-order valence-corrected chi connectivity index (χ2v) is 8.05. The zero-order valence-corrected chi connectivity index (χ0v) is 16.0. The highest BCUT2D eigenvalue weighted by atomic mass is 35.5. The van der Waals surface area contributed by atoms with Crippen LogP contribution in [0.3, 0.4) is 0 Å². The molecule has 2 heterocycles. The van der Waals surface area contributed by atoms with Crippen molar-refractivity contribution in [3.05, 3.63) is 64.9 Å². The van der Waals surface area contributed by atoms with Gasteiger partial charge in [-0.25, -0.2) is 0 Å². The number of nitrogens with zero attached hydrogens (tertiary/aromatic N) is 3. The maximum atomic E-state index is 12.8. The van der Waals surface area contributed by atoms with Crippen LogP contribution in [-0.2, 0) is 11.3 Å². The lowest BCUT2D eigenvalue weighted by Gasteiger charge is -2.19. The second kappa shape index (κ2) is 6.97. The smallest absolute Gasteiger partial charge is 0.253 e. The molecule has 1 aromatic heterocycles. The summed E-state index contributed by atoms with van der Waals surface area (Å²) >= 11 is 5.90. The van der Waals surface area contributed by atoms with Crippen LogP contribution in [-0.4, -0.2) is 46.7 Å². The molecule has 1 aromatic carbocycles. The van der Waals surface area contributed by atoms with Gasteiger partial charge in [0.2, 0.25) is 5.91 Å². The summed E-state index contributed by atoms with van der Waals surface area (Å²) in [4.78, 5) is 33.5. The fourth-order valence-electron chi connectivity index (χ4n) is 4.07. The van der Waals surface area contributed by atoms with Gasteiger partial charge < -0.3 is 9.80 Å². The molecule has 2 unspecified atom stereocenters. The lowest BCUT2D eigenvalue weighted by atomic mass is 10.0. The highest BCUT2D eigenvalue weighted by Gasteiger charge is 2.61. The fourth-order valence-corrected chi connectivity index (χ4v) is 4.20. The van der Waals surface area contributed by atoms with E-state index in [1.807, 2.05) is 30.1 Å². The highest BCUT2D eigenvalue weighted by Crippen LogP contribution is 2.59. The molecular formula is C21H22ClN3O2. The topological polar surface area (TPSA) is 53.5 Å². The normalized spacial score (nSPS) is 23.5. The van der Waals surface area contributed by atoms with E-state index in [-0.39, 0.29) is 23.1 Å². The van der Waals surface area contributed by atoms with Crippen LogP contribution in [0.2, 0.25) is 5.02 Å². The molecule has 6 heteroatoms. The minimum absolute atomic E-state index is 0.00855. The average Bonchev–Trinajstić information content (AvgIpc) is 3.21. The van der Waals surface area contributed by atoms with Crippen LogP contribution in [0.4, 0.5) is 0 Å². The Morgan fingerprint density at radius 1 is 1.26 bits per heavy atom. The van der Waals surface area contributed by atoms with Crippen LogP contribution in [0.15, 0.2) is 48.7 Å². The van der Waals surface area contributed by atoms with Gasteiger partial charge in [-0.2, -0.15) is 0 Å². The molecule has 1 aliphatic heterocycles. The maximum absolute atomic E-state index is 12.8. The Bertz CT molecular complexity index is 855. The van der Waals surface area contributed by atoms with Crippen molar-refractivity contribution in [3.8, 4) is 0 Å². The van der Waals surface area contributed by atoms with E-state index in [2.05, 4.69) is 4.98 Å². The minimum Gasteiger partial charge on any atom is -0.340 e. The molecule has 2 aromatic rings. The summed E-state index contributed by atoms with van der Waals surface area (Å²) in [7, 11) is 1.83. The number of benzene rings is 1. The number of carbonyl (C=O) groups excluding carboxylic acids is 2. The van der Waals surface area contributed by atoms with Crippen molar-refractivity contribution in [2.75, 3.05) is 20.1 Å². The van der Waals surface area contributed by atoms with Crippen molar-refractivity contribution in [2.45, 2.75) is 19.4 Å². The third-order valence-electron chi connectivity index (χ3n) is 5.75. The number of likely N-dealkylation sites (tertiary alicyclic amines) is 1. The van der Waals surface area contributed by atoms with E-state index < -0.39 is 0 Å². The quantitative estimate of drug-likeness (QED) is 0.814. The Hall–Kier alpha value is -2.40. The van der Waals surface area contributed by atoms with Crippen molar-refractivity contribution in [1.82, 2.24) is 14.8 Å². The van der Waals surface area contributed by atoms with Crippen LogP contribution in [0, 0.1) is 11.3 Å². The lowest BCUT2D eigenvalue weighted by molar-refractivity contribution is -0.132. The first kappa shape index (κ1) is 18.0. The summed E-state index contributed by atoms with van der Waals surface area (Å²) in [6.45, 7) is 1.87. The number of amides is 2. The summed E-state index contributed by atoms with van der Waals surface area (Å²) in [6.07, 6.45) is 3.49. The minimum atomic E-state index is -0.0441. The monoisotopic (exact) mass is 383 g/mol. The molecule has 1 saturated heterocycles. The zero-order chi connectivity index (χ0) is 19.0. The number of halogens is 1. The molecule has 2 atom stereocenters. The van der Waals surface area contributed by atoms with Gasteiger partial charge in [-0.1, -0.05) is 17.7 Å². The van der Waals surface area contributed by atoms with E-state index in [9.17, 15) is 9.59 Å². The number of hydrogen-bond acceptors (Lipinski definition) is 3. The first-order valence-electron chi connectivity index (χ1n) is 9.18. The maximum Gasteiger partial charge on any atom is 0.253 e. The van der Waals surface area contributed by atoms with Crippen molar-refractivity contribution in [1.29, 1.82) is 0 Å². The molecule has 27 heavy (non-hydrogen) atoms. The largest absolute Gasteiger partial charge is 0.340 e. The predicted octanol–water partition coefficient (Wildman–Crippen LogP) is 3.25. The molecule has 0 radical (unpaired) electrons. The summed E-state index contributed by atoms with van der Waals surface area (Å²) < 4.78 is 0. The standard InChI is InChI=1S/C21H22ClN3O2/c1-24(13-17-4-2-3-10-23-17)20(27)18-12-21(18)9-11-25(14-21)19(26)15-5-7-16(22)8-6-15/h2-8,10,18H,9,11-14H2,1H3. The van der Waals surface area contributed by atoms with Gasteiger partial charge in [-0.05, 0) is 49.2 Å². The molecule has 0 N–H and O–H groups in total. The zero-order valence-electron chi connectivity index (χ0n) is 15.3. The third-order valence-corrected chi connectivity index (χ3v) is 6.01. The number of aromatic nitrogens is 1. The number of pyridine rings is 1. The van der Waals surface area contributed by atoms with Crippen LogP contribution in [0.1, 0.15) is 28.9 Å². The molecule has 5 nitrogen and oxygen atoms in total. The van der Waals surface area contributed by atoms with Crippen molar-refractivity contribution >= 4 is 23.4 Å². The second-order valence-electron chi connectivity index (χ2n) is 7.62. The lowest BCUT2D eigenvalue weighted by Crippen LogP contribution is -2.32. The van der Waals surface area contributed by atoms with Crippen molar-refractivity contribution < 1.29 is 9.59 Å². The SMILES string of the molecule is CN(Cc1ccccn1)C(=O)C1CC12CCN(C(=O)c1ccc(Cl)cc1)C2. The van der Waals surface area contributed by atoms with Gasteiger partial charge >= 0.3 is 0 Å². The first-order valence-corrected chi connectivity index (χ1v) is 9.56. The van der Waals surface area contributed by atoms with E-state index in [0.717, 1.165) is 18.5 Å². The van der Waals surface area contributed by atoms with Gasteiger partial charge in [0.25, 0.3) is 5.91 Å². The van der Waals surface area contributed by atoms with Gasteiger partial charge in [-0.3, -0.25) is 14.6 Å². The Kier molecular flexibility index (Phi) is 4.64. The third kappa shape index (κ3) is 3.56. The molecule has 2 aliphatic rings. The predicted molar refractivity (Wildman–Crippen MR) is 103 cm³/mol. The summed E-state index contributed by atoms with van der Waals surface area (Å²) in [5, 5.41) is 0.619. The molecule has 0 bridgehead atoms. The molecule has 2 fully saturated rings. The van der Waals surface area contributed by atoms with Crippen molar-refractivity contribution in [3.63, 3.8) is 0 Å². The van der Waals surface area contributed by atoms with E-state index in [1.54, 1.807) is 35.4 Å². The molecule has 1 spiro atoms. The molecule has 1 aliphatic carbocycles. The van der Waals surface area contributed by atoms with Gasteiger partial charge in [-0.15, -0.1) is 0 Å². The van der Waals surface area contributed by atoms with Crippen LogP contribution in [0.5, 0.6) is 0 Å². The Morgan fingerprint density at radius 2 is 2.04 bits per heavy atom. The van der Waals surface area contributed by atoms with E-state index in [4.69, 9.17) is 11.6 Å². The van der Waals surface area contributed by atoms with Gasteiger partial charge in [0.05, 0.1) is 12.2 Å². The Balaban J connectivity index is 1.37. The van der Waals surface area contributed by atoms with Gasteiger partial charge in [0, 0.05) is 48.3 Å². The number of carbonyl (C=O) groups is 2. The van der Waals surface area contributed by atoms with Gasteiger partial charge in [0.15, 0.2) is 0 Å². The molecule has 1 saturated carbocycles. The number of rotatable bonds is 4. The summed E-state index contributed by atoms with van der Waals surface area (Å²) in [6, 6.07) is 12.7. The van der Waals surface area contributed by atoms with E-state index >= 15 is 0 Å². The first-order chi connectivity index (χ1) is 13.0. The molecular weight excluding hydrogens is 362 g/mol. The molecule has 140 valence electrons. The van der Waals surface area contributed by atoms with Crippen LogP contribution >= 0.6 is 11.6 Å².